The fourth-order valence-electron chi connectivity index (χ4n) is 3.07. The lowest BCUT2D eigenvalue weighted by molar-refractivity contribution is -0.137. The van der Waals surface area contributed by atoms with Crippen molar-refractivity contribution < 1.29 is 18.0 Å². The summed E-state index contributed by atoms with van der Waals surface area (Å²) in [5.74, 6) is -0.122. The molecule has 1 aliphatic rings. The van der Waals surface area contributed by atoms with Gasteiger partial charge in [-0.1, -0.05) is 30.3 Å². The van der Waals surface area contributed by atoms with Gasteiger partial charge in [0, 0.05) is 12.1 Å². The SMILES string of the molecule is O=C(CC1CCc2ccccc21)Nc1cccc(C(F)(F)F)c1. The fraction of sp³-hybridized carbons (Fsp3) is 0.278. The molecule has 1 atom stereocenters. The molecule has 5 heteroatoms. The number of halogens is 3. The van der Waals surface area contributed by atoms with Crippen molar-refractivity contribution in [2.75, 3.05) is 5.32 Å². The maximum absolute atomic E-state index is 12.7. The lowest BCUT2D eigenvalue weighted by atomic mass is 9.97. The van der Waals surface area contributed by atoms with E-state index in [-0.39, 0.29) is 23.9 Å². The molecule has 2 aromatic carbocycles. The first-order valence-corrected chi connectivity index (χ1v) is 7.48. The van der Waals surface area contributed by atoms with Crippen molar-refractivity contribution in [1.82, 2.24) is 0 Å². The molecule has 0 aromatic heterocycles. The molecule has 0 saturated heterocycles. The third-order valence-electron chi connectivity index (χ3n) is 4.16. The zero-order valence-corrected chi connectivity index (χ0v) is 12.4. The van der Waals surface area contributed by atoms with E-state index in [1.807, 2.05) is 18.2 Å². The number of anilines is 1. The van der Waals surface area contributed by atoms with Crippen LogP contribution in [0, 0.1) is 0 Å². The molecule has 2 nitrogen and oxygen atoms in total. The molecule has 0 spiro atoms. The third-order valence-corrected chi connectivity index (χ3v) is 4.16. The first-order valence-electron chi connectivity index (χ1n) is 7.48. The van der Waals surface area contributed by atoms with E-state index in [1.165, 1.54) is 23.3 Å². The standard InChI is InChI=1S/C18H16F3NO/c19-18(20,21)14-5-3-6-15(11-14)22-17(23)10-13-9-8-12-4-1-2-7-16(12)13/h1-7,11,13H,8-10H2,(H,22,23). The summed E-state index contributed by atoms with van der Waals surface area (Å²) < 4.78 is 38.1. The van der Waals surface area contributed by atoms with Crippen molar-refractivity contribution in [3.05, 3.63) is 65.2 Å². The maximum atomic E-state index is 12.7. The van der Waals surface area contributed by atoms with Crippen LogP contribution in [0.1, 0.15) is 35.4 Å². The van der Waals surface area contributed by atoms with Crippen LogP contribution >= 0.6 is 0 Å². The van der Waals surface area contributed by atoms with Gasteiger partial charge in [0.1, 0.15) is 0 Å². The maximum Gasteiger partial charge on any atom is 0.416 e. The summed E-state index contributed by atoms with van der Waals surface area (Å²) in [7, 11) is 0. The van der Waals surface area contributed by atoms with Crippen molar-refractivity contribution in [2.45, 2.75) is 31.4 Å². The Balaban J connectivity index is 1.67. The molecule has 2 aromatic rings. The Morgan fingerprint density at radius 2 is 1.91 bits per heavy atom. The topological polar surface area (TPSA) is 29.1 Å². The predicted molar refractivity (Wildman–Crippen MR) is 82.2 cm³/mol. The number of carbonyl (C=O) groups excluding carboxylic acids is 1. The van der Waals surface area contributed by atoms with Gasteiger partial charge in [-0.05, 0) is 48.1 Å². The van der Waals surface area contributed by atoms with Crippen molar-refractivity contribution in [1.29, 1.82) is 0 Å². The minimum absolute atomic E-state index is 0.136. The van der Waals surface area contributed by atoms with Gasteiger partial charge in [-0.3, -0.25) is 4.79 Å². The van der Waals surface area contributed by atoms with Crippen LogP contribution < -0.4 is 5.32 Å². The summed E-state index contributed by atoms with van der Waals surface area (Å²) in [5.41, 5.74) is 1.84. The monoisotopic (exact) mass is 319 g/mol. The second-order valence-electron chi connectivity index (χ2n) is 5.77. The summed E-state index contributed by atoms with van der Waals surface area (Å²) >= 11 is 0. The number of hydrogen-bond donors (Lipinski definition) is 1. The lowest BCUT2D eigenvalue weighted by Crippen LogP contribution is -2.15. The Morgan fingerprint density at radius 3 is 2.70 bits per heavy atom. The molecule has 1 amide bonds. The molecule has 0 heterocycles. The molecule has 23 heavy (non-hydrogen) atoms. The molecule has 0 fully saturated rings. The van der Waals surface area contributed by atoms with Gasteiger partial charge in [-0.15, -0.1) is 0 Å². The number of amides is 1. The quantitative estimate of drug-likeness (QED) is 0.868. The van der Waals surface area contributed by atoms with Crippen LogP contribution in [0.3, 0.4) is 0 Å². The fourth-order valence-corrected chi connectivity index (χ4v) is 3.07. The summed E-state index contributed by atoms with van der Waals surface area (Å²) in [6.45, 7) is 0. The second-order valence-corrected chi connectivity index (χ2v) is 5.77. The molecule has 3 rings (SSSR count). The Bertz CT molecular complexity index is 724. The number of rotatable bonds is 3. The van der Waals surface area contributed by atoms with Crippen LogP contribution in [0.25, 0.3) is 0 Å². The molecule has 0 radical (unpaired) electrons. The van der Waals surface area contributed by atoms with Crippen LogP contribution in [0.15, 0.2) is 48.5 Å². The van der Waals surface area contributed by atoms with E-state index < -0.39 is 11.7 Å². The molecule has 0 aliphatic heterocycles. The van der Waals surface area contributed by atoms with E-state index in [9.17, 15) is 18.0 Å². The van der Waals surface area contributed by atoms with E-state index in [0.29, 0.717) is 0 Å². The van der Waals surface area contributed by atoms with Gasteiger partial charge in [0.15, 0.2) is 0 Å². The van der Waals surface area contributed by atoms with Gasteiger partial charge in [0.05, 0.1) is 5.56 Å². The largest absolute Gasteiger partial charge is 0.416 e. The predicted octanol–water partition coefficient (Wildman–Crippen LogP) is 4.76. The van der Waals surface area contributed by atoms with Crippen molar-refractivity contribution in [3.63, 3.8) is 0 Å². The van der Waals surface area contributed by atoms with Crippen molar-refractivity contribution >= 4 is 11.6 Å². The average molecular weight is 319 g/mol. The molecular weight excluding hydrogens is 303 g/mol. The second kappa shape index (κ2) is 6.07. The molecule has 0 bridgehead atoms. The van der Waals surface area contributed by atoms with Crippen LogP contribution in [-0.4, -0.2) is 5.91 Å². The van der Waals surface area contributed by atoms with E-state index in [1.54, 1.807) is 0 Å². The molecule has 1 unspecified atom stereocenters. The van der Waals surface area contributed by atoms with Crippen LogP contribution in [-0.2, 0) is 17.4 Å². The van der Waals surface area contributed by atoms with Gasteiger partial charge in [-0.25, -0.2) is 0 Å². The number of nitrogens with one attached hydrogen (secondary N) is 1. The first kappa shape index (κ1) is 15.6. The minimum atomic E-state index is -4.41. The highest BCUT2D eigenvalue weighted by Crippen LogP contribution is 2.35. The molecule has 120 valence electrons. The average Bonchev–Trinajstić information content (AvgIpc) is 2.90. The summed E-state index contributed by atoms with van der Waals surface area (Å²) in [6, 6.07) is 12.7. The van der Waals surface area contributed by atoms with Gasteiger partial charge in [0.2, 0.25) is 5.91 Å². The third kappa shape index (κ3) is 3.55. The van der Waals surface area contributed by atoms with Crippen molar-refractivity contribution in [3.8, 4) is 0 Å². The number of carbonyl (C=O) groups is 1. The van der Waals surface area contributed by atoms with Crippen LogP contribution in [0.4, 0.5) is 18.9 Å². The number of benzene rings is 2. The van der Waals surface area contributed by atoms with E-state index in [2.05, 4.69) is 11.4 Å². The Morgan fingerprint density at radius 1 is 1.13 bits per heavy atom. The Hall–Kier alpha value is -2.30. The van der Waals surface area contributed by atoms with Crippen molar-refractivity contribution in [2.24, 2.45) is 0 Å². The zero-order chi connectivity index (χ0) is 16.4. The summed E-state index contributed by atoms with van der Waals surface area (Å²) in [4.78, 5) is 12.1. The summed E-state index contributed by atoms with van der Waals surface area (Å²) in [6.07, 6.45) is -2.29. The highest BCUT2D eigenvalue weighted by atomic mass is 19.4. The highest BCUT2D eigenvalue weighted by molar-refractivity contribution is 5.91. The Kier molecular flexibility index (Phi) is 4.11. The molecule has 1 aliphatic carbocycles. The van der Waals surface area contributed by atoms with Gasteiger partial charge < -0.3 is 5.32 Å². The molecule has 1 N–H and O–H groups in total. The minimum Gasteiger partial charge on any atom is -0.326 e. The zero-order valence-electron chi connectivity index (χ0n) is 12.4. The number of hydrogen-bond acceptors (Lipinski definition) is 1. The van der Waals surface area contributed by atoms with E-state index >= 15 is 0 Å². The lowest BCUT2D eigenvalue weighted by Gasteiger charge is -2.13. The number of alkyl halides is 3. The number of aryl methyl sites for hydroxylation is 1. The van der Waals surface area contributed by atoms with Gasteiger partial charge in [-0.2, -0.15) is 13.2 Å². The molecular formula is C18H16F3NO. The highest BCUT2D eigenvalue weighted by Gasteiger charge is 2.30. The van der Waals surface area contributed by atoms with Crippen LogP contribution in [0.2, 0.25) is 0 Å². The number of fused-ring (bicyclic) bond motifs is 1. The van der Waals surface area contributed by atoms with Gasteiger partial charge in [0.25, 0.3) is 0 Å². The first-order chi connectivity index (χ1) is 10.9. The Labute approximate surface area is 132 Å². The van der Waals surface area contributed by atoms with E-state index in [4.69, 9.17) is 0 Å². The van der Waals surface area contributed by atoms with Gasteiger partial charge >= 0.3 is 6.18 Å². The van der Waals surface area contributed by atoms with Crippen LogP contribution in [0.5, 0.6) is 0 Å². The summed E-state index contributed by atoms with van der Waals surface area (Å²) in [5, 5.41) is 2.57. The smallest absolute Gasteiger partial charge is 0.326 e. The molecule has 0 saturated carbocycles. The normalized spacial score (nSPS) is 16.9. The van der Waals surface area contributed by atoms with E-state index in [0.717, 1.165) is 25.0 Å².